The molecule has 0 fully saturated rings. The number of nitrogens with one attached hydrogen (secondary N) is 1. The van der Waals surface area contributed by atoms with E-state index in [9.17, 15) is 9.18 Å². The van der Waals surface area contributed by atoms with Crippen LogP contribution in [0.3, 0.4) is 0 Å². The average Bonchev–Trinajstić information content (AvgIpc) is 3.02. The molecule has 0 aliphatic carbocycles. The molecule has 1 amide bonds. The smallest absolute Gasteiger partial charge is 0.262 e. The number of ether oxygens (including phenoxy) is 2. The van der Waals surface area contributed by atoms with Crippen molar-refractivity contribution in [2.75, 3.05) is 13.7 Å². The number of benzene rings is 2. The van der Waals surface area contributed by atoms with Crippen molar-refractivity contribution in [3.63, 3.8) is 0 Å². The first-order chi connectivity index (χ1) is 12.7. The van der Waals surface area contributed by atoms with Gasteiger partial charge in [0.15, 0.2) is 0 Å². The second kappa shape index (κ2) is 7.05. The second-order valence-corrected chi connectivity index (χ2v) is 7.21. The quantitative estimate of drug-likeness (QED) is 0.738. The topological polar surface area (TPSA) is 47.6 Å². The Bertz CT molecular complexity index is 969. The maximum atomic E-state index is 14.3. The minimum atomic E-state index is -0.332. The Hall–Kier alpha value is -2.44. The molecule has 134 valence electrons. The van der Waals surface area contributed by atoms with Crippen molar-refractivity contribution in [2.45, 2.75) is 19.1 Å². The van der Waals surface area contributed by atoms with E-state index >= 15 is 0 Å². The Morgan fingerprint density at radius 3 is 3.00 bits per heavy atom. The van der Waals surface area contributed by atoms with Crippen LogP contribution in [0.25, 0.3) is 10.1 Å². The number of methoxy groups -OCH3 is 1. The number of carbonyl (C=O) groups excluding carboxylic acids is 1. The van der Waals surface area contributed by atoms with Gasteiger partial charge in [0.05, 0.1) is 24.1 Å². The summed E-state index contributed by atoms with van der Waals surface area (Å²) >= 11 is 1.29. The van der Waals surface area contributed by atoms with E-state index in [2.05, 4.69) is 5.32 Å². The third-order valence-electron chi connectivity index (χ3n) is 4.52. The Kier molecular flexibility index (Phi) is 4.61. The molecule has 0 spiro atoms. The van der Waals surface area contributed by atoms with Crippen LogP contribution < -0.4 is 10.1 Å². The molecule has 1 N–H and O–H groups in total. The molecular weight excluding hydrogens is 353 g/mol. The lowest BCUT2D eigenvalue weighted by Gasteiger charge is -2.26. The van der Waals surface area contributed by atoms with E-state index in [1.165, 1.54) is 17.4 Å². The number of rotatable bonds is 4. The van der Waals surface area contributed by atoms with Gasteiger partial charge >= 0.3 is 0 Å². The predicted molar refractivity (Wildman–Crippen MR) is 99.3 cm³/mol. The molecular formula is C20H18FNO3S. The summed E-state index contributed by atoms with van der Waals surface area (Å²) in [6.45, 7) is 0.738. The number of hydrogen-bond donors (Lipinski definition) is 1. The molecule has 0 saturated carbocycles. The van der Waals surface area contributed by atoms with Crippen molar-refractivity contribution in [1.82, 2.24) is 5.32 Å². The minimum absolute atomic E-state index is 0.127. The zero-order chi connectivity index (χ0) is 18.1. The van der Waals surface area contributed by atoms with Crippen molar-refractivity contribution < 1.29 is 18.7 Å². The van der Waals surface area contributed by atoms with Gasteiger partial charge in [-0.05, 0) is 18.2 Å². The van der Waals surface area contributed by atoms with Crippen LogP contribution in [0, 0.1) is 5.82 Å². The molecule has 0 unspecified atom stereocenters. The van der Waals surface area contributed by atoms with Crippen LogP contribution in [0.15, 0.2) is 42.5 Å². The maximum Gasteiger partial charge on any atom is 0.262 e. The standard InChI is InChI=1S/C20H18FNO3S/c1-24-11-13-18-14(21)6-4-8-17(18)26-19(13)20(23)22-15-9-10-25-16-7-3-2-5-12(15)16/h2-8,15H,9-11H2,1H3,(H,22,23)/t15-/m0/s1. The van der Waals surface area contributed by atoms with Gasteiger partial charge in [0.2, 0.25) is 0 Å². The van der Waals surface area contributed by atoms with Gasteiger partial charge in [-0.2, -0.15) is 0 Å². The first-order valence-electron chi connectivity index (χ1n) is 8.40. The van der Waals surface area contributed by atoms with Crippen molar-refractivity contribution >= 4 is 27.3 Å². The number of halogens is 1. The van der Waals surface area contributed by atoms with Crippen LogP contribution in [0.5, 0.6) is 5.75 Å². The summed E-state index contributed by atoms with van der Waals surface area (Å²) < 4.78 is 25.9. The normalized spacial score (nSPS) is 16.2. The first kappa shape index (κ1) is 17.0. The van der Waals surface area contributed by atoms with Gasteiger partial charge in [-0.3, -0.25) is 4.79 Å². The molecule has 4 nitrogen and oxygen atoms in total. The Morgan fingerprint density at radius 2 is 2.15 bits per heavy atom. The zero-order valence-electron chi connectivity index (χ0n) is 14.3. The third-order valence-corrected chi connectivity index (χ3v) is 5.72. The predicted octanol–water partition coefficient (Wildman–Crippen LogP) is 4.44. The fraction of sp³-hybridized carbons (Fsp3) is 0.250. The highest BCUT2D eigenvalue weighted by atomic mass is 32.1. The number of carbonyl (C=O) groups is 1. The van der Waals surface area contributed by atoms with Gasteiger partial charge in [0.25, 0.3) is 5.91 Å². The summed E-state index contributed by atoms with van der Waals surface area (Å²) in [4.78, 5) is 13.5. The SMILES string of the molecule is COCc1c(C(=O)N[C@H]2CCOc3ccccc32)sc2cccc(F)c12. The molecule has 4 rings (SSSR count). The Balaban J connectivity index is 1.69. The molecule has 3 aromatic rings. The molecule has 0 radical (unpaired) electrons. The van der Waals surface area contributed by atoms with Crippen molar-refractivity contribution in [1.29, 1.82) is 0 Å². The number of hydrogen-bond acceptors (Lipinski definition) is 4. The number of amides is 1. The first-order valence-corrected chi connectivity index (χ1v) is 9.22. The van der Waals surface area contributed by atoms with Crippen LogP contribution in [0.2, 0.25) is 0 Å². The van der Waals surface area contributed by atoms with E-state index < -0.39 is 0 Å². The molecule has 2 aromatic carbocycles. The number of thiophene rings is 1. The molecule has 1 aliphatic rings. The van der Waals surface area contributed by atoms with Gasteiger partial charge in [0.1, 0.15) is 11.6 Å². The van der Waals surface area contributed by atoms with Gasteiger partial charge in [-0.15, -0.1) is 11.3 Å². The third kappa shape index (κ3) is 2.95. The van der Waals surface area contributed by atoms with E-state index in [1.54, 1.807) is 13.2 Å². The minimum Gasteiger partial charge on any atom is -0.493 e. The fourth-order valence-corrected chi connectivity index (χ4v) is 4.47. The molecule has 1 aliphatic heterocycles. The van der Waals surface area contributed by atoms with E-state index in [0.29, 0.717) is 28.9 Å². The fourth-order valence-electron chi connectivity index (χ4n) is 3.35. The highest BCUT2D eigenvalue weighted by molar-refractivity contribution is 7.21. The highest BCUT2D eigenvalue weighted by Crippen LogP contribution is 2.36. The molecule has 26 heavy (non-hydrogen) atoms. The average molecular weight is 371 g/mol. The maximum absolute atomic E-state index is 14.3. The van der Waals surface area contributed by atoms with E-state index in [0.717, 1.165) is 16.0 Å². The second-order valence-electron chi connectivity index (χ2n) is 6.16. The van der Waals surface area contributed by atoms with Gasteiger partial charge in [-0.25, -0.2) is 4.39 Å². The monoisotopic (exact) mass is 371 g/mol. The molecule has 2 heterocycles. The van der Waals surface area contributed by atoms with Gasteiger partial charge in [0, 0.05) is 34.7 Å². The Morgan fingerprint density at radius 1 is 1.31 bits per heavy atom. The summed E-state index contributed by atoms with van der Waals surface area (Å²) in [7, 11) is 1.54. The summed E-state index contributed by atoms with van der Waals surface area (Å²) in [5.74, 6) is 0.254. The molecule has 6 heteroatoms. The highest BCUT2D eigenvalue weighted by Gasteiger charge is 2.26. The summed E-state index contributed by atoms with van der Waals surface area (Å²) in [5, 5.41) is 3.55. The van der Waals surface area contributed by atoms with Gasteiger partial charge < -0.3 is 14.8 Å². The van der Waals surface area contributed by atoms with E-state index in [-0.39, 0.29) is 24.4 Å². The van der Waals surface area contributed by atoms with Crippen molar-refractivity contribution in [3.8, 4) is 5.75 Å². The van der Waals surface area contributed by atoms with Crippen molar-refractivity contribution in [3.05, 3.63) is 64.3 Å². The Labute approximate surface area is 154 Å². The lowest BCUT2D eigenvalue weighted by molar-refractivity contribution is 0.0924. The molecule has 1 aromatic heterocycles. The van der Waals surface area contributed by atoms with Gasteiger partial charge in [-0.1, -0.05) is 24.3 Å². The van der Waals surface area contributed by atoms with E-state index in [4.69, 9.17) is 9.47 Å². The molecule has 1 atom stereocenters. The van der Waals surface area contributed by atoms with Crippen LogP contribution in [-0.2, 0) is 11.3 Å². The summed E-state index contributed by atoms with van der Waals surface area (Å²) in [6.07, 6.45) is 0.696. The van der Waals surface area contributed by atoms with Crippen molar-refractivity contribution in [2.24, 2.45) is 0 Å². The van der Waals surface area contributed by atoms with Crippen LogP contribution in [-0.4, -0.2) is 19.6 Å². The summed E-state index contributed by atoms with van der Waals surface area (Å²) in [6, 6.07) is 12.5. The largest absolute Gasteiger partial charge is 0.493 e. The van der Waals surface area contributed by atoms with E-state index in [1.807, 2.05) is 30.3 Å². The lowest BCUT2D eigenvalue weighted by atomic mass is 10.0. The molecule has 0 bridgehead atoms. The summed E-state index contributed by atoms with van der Waals surface area (Å²) in [5.41, 5.74) is 1.57. The number of para-hydroxylation sites is 1. The van der Waals surface area contributed by atoms with Crippen LogP contribution in [0.4, 0.5) is 4.39 Å². The lowest BCUT2D eigenvalue weighted by Crippen LogP contribution is -2.32. The van der Waals surface area contributed by atoms with Crippen LogP contribution in [0.1, 0.15) is 33.3 Å². The number of fused-ring (bicyclic) bond motifs is 2. The van der Waals surface area contributed by atoms with Crippen LogP contribution >= 0.6 is 11.3 Å². The zero-order valence-corrected chi connectivity index (χ0v) is 15.1. The molecule has 0 saturated heterocycles.